The van der Waals surface area contributed by atoms with E-state index >= 15 is 0 Å². The Labute approximate surface area is 123 Å². The molecule has 1 aromatic heterocycles. The third-order valence-corrected chi connectivity index (χ3v) is 4.99. The van der Waals surface area contributed by atoms with Crippen molar-refractivity contribution >= 4 is 26.7 Å². The van der Waals surface area contributed by atoms with Gasteiger partial charge in [0.1, 0.15) is 11.8 Å². The SMILES string of the molecule is C[C@H]1CNS(=O)(=O)N(c2cnc(C#N)c3ccccc23)C1. The van der Waals surface area contributed by atoms with E-state index in [0.717, 1.165) is 0 Å². The molecule has 1 saturated heterocycles. The molecule has 6 nitrogen and oxygen atoms in total. The smallest absolute Gasteiger partial charge is 0.255 e. The maximum absolute atomic E-state index is 12.2. The Hall–Kier alpha value is -2.17. The molecule has 7 heteroatoms. The molecule has 1 aliphatic rings. The van der Waals surface area contributed by atoms with Gasteiger partial charge < -0.3 is 0 Å². The van der Waals surface area contributed by atoms with E-state index in [1.165, 1.54) is 10.5 Å². The highest BCUT2D eigenvalue weighted by Crippen LogP contribution is 2.30. The number of hydrogen-bond acceptors (Lipinski definition) is 4. The van der Waals surface area contributed by atoms with Crippen LogP contribution in [0.2, 0.25) is 0 Å². The lowest BCUT2D eigenvalue weighted by molar-refractivity contribution is 0.506. The van der Waals surface area contributed by atoms with Gasteiger partial charge in [-0.15, -0.1) is 0 Å². The summed E-state index contributed by atoms with van der Waals surface area (Å²) in [5, 5.41) is 10.5. The number of hydrogen-bond donors (Lipinski definition) is 1. The lowest BCUT2D eigenvalue weighted by atomic mass is 10.1. The minimum atomic E-state index is -3.56. The fraction of sp³-hybridized carbons (Fsp3) is 0.286. The number of pyridine rings is 1. The second kappa shape index (κ2) is 4.98. The van der Waals surface area contributed by atoms with Gasteiger partial charge in [0, 0.05) is 23.9 Å². The van der Waals surface area contributed by atoms with E-state index in [0.29, 0.717) is 35.2 Å². The van der Waals surface area contributed by atoms with Crippen molar-refractivity contribution in [2.45, 2.75) is 6.92 Å². The van der Waals surface area contributed by atoms with Gasteiger partial charge in [-0.1, -0.05) is 31.2 Å². The van der Waals surface area contributed by atoms with E-state index in [2.05, 4.69) is 9.71 Å². The van der Waals surface area contributed by atoms with Gasteiger partial charge in [-0.25, -0.2) is 4.98 Å². The second-order valence-corrected chi connectivity index (χ2v) is 6.82. The highest BCUT2D eigenvalue weighted by molar-refractivity contribution is 7.91. The Morgan fingerprint density at radius 2 is 2.10 bits per heavy atom. The van der Waals surface area contributed by atoms with Crippen LogP contribution in [0.25, 0.3) is 10.8 Å². The van der Waals surface area contributed by atoms with Gasteiger partial charge >= 0.3 is 10.2 Å². The Morgan fingerprint density at radius 1 is 1.38 bits per heavy atom. The molecule has 0 saturated carbocycles. The van der Waals surface area contributed by atoms with Crippen LogP contribution in [-0.2, 0) is 10.2 Å². The van der Waals surface area contributed by atoms with Crippen LogP contribution in [0.15, 0.2) is 30.5 Å². The van der Waals surface area contributed by atoms with Crippen molar-refractivity contribution in [3.8, 4) is 6.07 Å². The zero-order chi connectivity index (χ0) is 15.0. The normalized spacial score (nSPS) is 21.1. The molecule has 21 heavy (non-hydrogen) atoms. The fourth-order valence-electron chi connectivity index (χ4n) is 2.46. The third-order valence-electron chi connectivity index (χ3n) is 3.53. The Balaban J connectivity index is 2.24. The molecule has 108 valence electrons. The van der Waals surface area contributed by atoms with E-state index in [4.69, 9.17) is 5.26 Å². The van der Waals surface area contributed by atoms with Crippen molar-refractivity contribution in [3.05, 3.63) is 36.2 Å². The average molecular weight is 302 g/mol. The summed E-state index contributed by atoms with van der Waals surface area (Å²) in [7, 11) is -3.56. The van der Waals surface area contributed by atoms with E-state index in [9.17, 15) is 8.42 Å². The number of aromatic nitrogens is 1. The summed E-state index contributed by atoms with van der Waals surface area (Å²) in [6.07, 6.45) is 1.46. The standard InChI is InChI=1S/C14H14N4O2S/c1-10-7-17-21(19,20)18(9-10)14-8-16-13(6-15)11-4-2-3-5-12(11)14/h2-5,8,10,17H,7,9H2,1H3/t10-/m0/s1. The lowest BCUT2D eigenvalue weighted by Crippen LogP contribution is -2.50. The highest BCUT2D eigenvalue weighted by atomic mass is 32.2. The Morgan fingerprint density at radius 3 is 2.81 bits per heavy atom. The van der Waals surface area contributed by atoms with Gasteiger partial charge in [0.25, 0.3) is 0 Å². The largest absolute Gasteiger partial charge is 0.301 e. The van der Waals surface area contributed by atoms with Crippen molar-refractivity contribution in [1.82, 2.24) is 9.71 Å². The lowest BCUT2D eigenvalue weighted by Gasteiger charge is -2.32. The number of rotatable bonds is 1. The van der Waals surface area contributed by atoms with Crippen LogP contribution in [-0.4, -0.2) is 26.5 Å². The van der Waals surface area contributed by atoms with Crippen molar-refractivity contribution in [3.63, 3.8) is 0 Å². The molecule has 1 aliphatic heterocycles. The maximum atomic E-state index is 12.2. The summed E-state index contributed by atoms with van der Waals surface area (Å²) in [5.41, 5.74) is 0.799. The molecule has 0 bridgehead atoms. The van der Waals surface area contributed by atoms with E-state index in [1.807, 2.05) is 25.1 Å². The quantitative estimate of drug-likeness (QED) is 0.862. The highest BCUT2D eigenvalue weighted by Gasteiger charge is 2.30. The molecule has 3 rings (SSSR count). The van der Waals surface area contributed by atoms with Crippen LogP contribution in [0, 0.1) is 17.2 Å². The van der Waals surface area contributed by atoms with Gasteiger partial charge in [0.05, 0.1) is 11.9 Å². The molecule has 0 amide bonds. The van der Waals surface area contributed by atoms with Crippen molar-refractivity contribution in [1.29, 1.82) is 5.26 Å². The summed E-state index contributed by atoms with van der Waals surface area (Å²) >= 11 is 0. The zero-order valence-corrected chi connectivity index (χ0v) is 12.3. The number of nitrogens with one attached hydrogen (secondary N) is 1. The number of fused-ring (bicyclic) bond motifs is 1. The first-order chi connectivity index (χ1) is 10.0. The van der Waals surface area contributed by atoms with Crippen molar-refractivity contribution in [2.75, 3.05) is 17.4 Å². The molecule has 1 atom stereocenters. The van der Waals surface area contributed by atoms with Crippen molar-refractivity contribution < 1.29 is 8.42 Å². The number of nitriles is 1. The molecular formula is C14H14N4O2S. The molecule has 1 aromatic carbocycles. The van der Waals surface area contributed by atoms with Crippen LogP contribution in [0.5, 0.6) is 0 Å². The average Bonchev–Trinajstić information content (AvgIpc) is 2.49. The first-order valence-corrected chi connectivity index (χ1v) is 8.02. The predicted molar refractivity (Wildman–Crippen MR) is 79.9 cm³/mol. The van der Waals surface area contributed by atoms with Gasteiger partial charge in [0.2, 0.25) is 0 Å². The molecule has 0 spiro atoms. The molecule has 1 fully saturated rings. The molecular weight excluding hydrogens is 288 g/mol. The summed E-state index contributed by atoms with van der Waals surface area (Å²) in [5.74, 6) is 0.197. The van der Waals surface area contributed by atoms with Gasteiger partial charge in [-0.2, -0.15) is 18.4 Å². The summed E-state index contributed by atoms with van der Waals surface area (Å²) in [6.45, 7) is 2.81. The van der Waals surface area contributed by atoms with Crippen LogP contribution in [0.4, 0.5) is 5.69 Å². The van der Waals surface area contributed by atoms with E-state index in [1.54, 1.807) is 12.1 Å². The minimum absolute atomic E-state index is 0.197. The Bertz CT molecular complexity index is 842. The minimum Gasteiger partial charge on any atom is -0.255 e. The van der Waals surface area contributed by atoms with Crippen LogP contribution >= 0.6 is 0 Å². The molecule has 0 radical (unpaired) electrons. The maximum Gasteiger partial charge on any atom is 0.301 e. The summed E-state index contributed by atoms with van der Waals surface area (Å²) < 4.78 is 28.4. The monoisotopic (exact) mass is 302 g/mol. The summed E-state index contributed by atoms with van der Waals surface area (Å²) in [4.78, 5) is 4.10. The molecule has 0 aliphatic carbocycles. The van der Waals surface area contributed by atoms with Gasteiger partial charge in [0.15, 0.2) is 0 Å². The van der Waals surface area contributed by atoms with Gasteiger partial charge in [-0.05, 0) is 5.92 Å². The summed E-state index contributed by atoms with van der Waals surface area (Å²) in [6, 6.07) is 9.24. The molecule has 0 unspecified atom stereocenters. The molecule has 1 N–H and O–H groups in total. The predicted octanol–water partition coefficient (Wildman–Crippen LogP) is 1.40. The second-order valence-electron chi connectivity index (χ2n) is 5.14. The van der Waals surface area contributed by atoms with Crippen molar-refractivity contribution in [2.24, 2.45) is 5.92 Å². The first-order valence-electron chi connectivity index (χ1n) is 6.58. The fourth-order valence-corrected chi connectivity index (χ4v) is 3.97. The van der Waals surface area contributed by atoms with Crippen LogP contribution in [0.1, 0.15) is 12.6 Å². The first kappa shape index (κ1) is 13.8. The Kier molecular flexibility index (Phi) is 3.27. The molecule has 2 heterocycles. The van der Waals surface area contributed by atoms with E-state index < -0.39 is 10.2 Å². The number of nitrogens with zero attached hydrogens (tertiary/aromatic N) is 3. The number of anilines is 1. The van der Waals surface area contributed by atoms with Crippen LogP contribution < -0.4 is 9.03 Å². The topological polar surface area (TPSA) is 86.1 Å². The number of benzene rings is 1. The zero-order valence-electron chi connectivity index (χ0n) is 11.4. The van der Waals surface area contributed by atoms with Crippen LogP contribution in [0.3, 0.4) is 0 Å². The van der Waals surface area contributed by atoms with E-state index in [-0.39, 0.29) is 5.92 Å². The third kappa shape index (κ3) is 2.33. The van der Waals surface area contributed by atoms with Gasteiger partial charge in [-0.3, -0.25) is 4.31 Å². The molecule has 2 aromatic rings.